The van der Waals surface area contributed by atoms with Crippen molar-refractivity contribution in [1.29, 1.82) is 0 Å². The molecule has 0 aliphatic carbocycles. The molecule has 1 atom stereocenters. The number of carbonyl (C=O) groups excluding carboxylic acids is 2. The minimum atomic E-state index is -0.240. The molecule has 6 nitrogen and oxygen atoms in total. The Morgan fingerprint density at radius 3 is 2.75 bits per heavy atom. The van der Waals surface area contributed by atoms with E-state index in [0.717, 1.165) is 31.7 Å². The Labute approximate surface area is 143 Å². The van der Waals surface area contributed by atoms with E-state index in [2.05, 4.69) is 24.1 Å². The second-order valence-corrected chi connectivity index (χ2v) is 7.17. The Morgan fingerprint density at radius 1 is 1.38 bits per heavy atom. The first-order valence-corrected chi connectivity index (χ1v) is 8.87. The average Bonchev–Trinajstić information content (AvgIpc) is 3.19. The Hall–Kier alpha value is -1.82. The van der Waals surface area contributed by atoms with Crippen LogP contribution in [0.1, 0.15) is 38.9 Å². The minimum absolute atomic E-state index is 0.0216. The van der Waals surface area contributed by atoms with Gasteiger partial charge in [0.2, 0.25) is 11.8 Å². The number of rotatable bonds is 5. The molecule has 2 fully saturated rings. The number of hydrogen-bond donors (Lipinski definition) is 1. The molecule has 2 aliphatic rings. The third-order valence-corrected chi connectivity index (χ3v) is 5.12. The normalized spacial score (nSPS) is 23.2. The number of likely N-dealkylation sites (tertiary alicyclic amines) is 2. The van der Waals surface area contributed by atoms with E-state index in [4.69, 9.17) is 4.42 Å². The van der Waals surface area contributed by atoms with Crippen molar-refractivity contribution in [2.75, 3.05) is 19.6 Å². The molecule has 3 rings (SSSR count). The number of amides is 2. The molecule has 1 aromatic rings. The monoisotopic (exact) mass is 333 g/mol. The fourth-order valence-electron chi connectivity index (χ4n) is 3.57. The SMILES string of the molecule is CC(C)N1CCC(NC(=O)C2CC(=O)N(Cc3ccco3)C2)CC1. The van der Waals surface area contributed by atoms with E-state index in [1.54, 1.807) is 11.2 Å². The summed E-state index contributed by atoms with van der Waals surface area (Å²) in [6, 6.07) is 4.46. The van der Waals surface area contributed by atoms with Crippen LogP contribution >= 0.6 is 0 Å². The third-order valence-electron chi connectivity index (χ3n) is 5.12. The summed E-state index contributed by atoms with van der Waals surface area (Å²) in [6.45, 7) is 7.39. The van der Waals surface area contributed by atoms with E-state index in [9.17, 15) is 9.59 Å². The first kappa shape index (κ1) is 17.0. The van der Waals surface area contributed by atoms with Gasteiger partial charge >= 0.3 is 0 Å². The molecule has 1 aromatic heterocycles. The van der Waals surface area contributed by atoms with E-state index in [0.29, 0.717) is 25.6 Å². The number of hydrogen-bond acceptors (Lipinski definition) is 4. The van der Waals surface area contributed by atoms with Crippen molar-refractivity contribution in [3.63, 3.8) is 0 Å². The summed E-state index contributed by atoms with van der Waals surface area (Å²) < 4.78 is 5.29. The van der Waals surface area contributed by atoms with Crippen LogP contribution in [-0.4, -0.2) is 53.3 Å². The summed E-state index contributed by atoms with van der Waals surface area (Å²) in [6.07, 6.45) is 3.88. The molecular formula is C18H27N3O3. The van der Waals surface area contributed by atoms with Gasteiger partial charge in [-0.05, 0) is 38.8 Å². The van der Waals surface area contributed by atoms with Crippen molar-refractivity contribution in [1.82, 2.24) is 15.1 Å². The van der Waals surface area contributed by atoms with Crippen LogP contribution in [0.2, 0.25) is 0 Å². The van der Waals surface area contributed by atoms with E-state index in [1.165, 1.54) is 0 Å². The quantitative estimate of drug-likeness (QED) is 0.889. The van der Waals surface area contributed by atoms with Crippen molar-refractivity contribution < 1.29 is 14.0 Å². The van der Waals surface area contributed by atoms with Gasteiger partial charge in [-0.2, -0.15) is 0 Å². The van der Waals surface area contributed by atoms with Gasteiger partial charge in [0.15, 0.2) is 0 Å². The van der Waals surface area contributed by atoms with Crippen molar-refractivity contribution in [2.24, 2.45) is 5.92 Å². The Balaban J connectivity index is 1.47. The number of furan rings is 1. The van der Waals surface area contributed by atoms with Crippen LogP contribution in [0.15, 0.2) is 22.8 Å². The molecule has 132 valence electrons. The molecule has 0 radical (unpaired) electrons. The van der Waals surface area contributed by atoms with Crippen LogP contribution in [0.5, 0.6) is 0 Å². The molecular weight excluding hydrogens is 306 g/mol. The molecule has 1 N–H and O–H groups in total. The molecule has 0 bridgehead atoms. The maximum atomic E-state index is 12.5. The van der Waals surface area contributed by atoms with Gasteiger partial charge in [-0.1, -0.05) is 0 Å². The largest absolute Gasteiger partial charge is 0.467 e. The lowest BCUT2D eigenvalue weighted by molar-refractivity contribution is -0.129. The first-order chi connectivity index (χ1) is 11.5. The second kappa shape index (κ2) is 7.38. The standard InChI is InChI=1S/C18H27N3O3/c1-13(2)20-7-5-15(6-8-20)19-18(23)14-10-17(22)21(11-14)12-16-4-3-9-24-16/h3-4,9,13-15H,5-8,10-12H2,1-2H3,(H,19,23). The smallest absolute Gasteiger partial charge is 0.225 e. The average molecular weight is 333 g/mol. The highest BCUT2D eigenvalue weighted by atomic mass is 16.3. The summed E-state index contributed by atoms with van der Waals surface area (Å²) in [4.78, 5) is 28.8. The molecule has 1 unspecified atom stereocenters. The second-order valence-electron chi connectivity index (χ2n) is 7.17. The van der Waals surface area contributed by atoms with Crippen LogP contribution < -0.4 is 5.32 Å². The maximum Gasteiger partial charge on any atom is 0.225 e. The lowest BCUT2D eigenvalue weighted by atomic mass is 10.0. The molecule has 3 heterocycles. The molecule has 2 amide bonds. The van der Waals surface area contributed by atoms with E-state index >= 15 is 0 Å². The van der Waals surface area contributed by atoms with Gasteiger partial charge in [-0.3, -0.25) is 9.59 Å². The van der Waals surface area contributed by atoms with Gasteiger partial charge < -0.3 is 19.5 Å². The third kappa shape index (κ3) is 3.98. The highest BCUT2D eigenvalue weighted by Crippen LogP contribution is 2.21. The van der Waals surface area contributed by atoms with E-state index in [1.807, 2.05) is 12.1 Å². The van der Waals surface area contributed by atoms with Gasteiger partial charge in [0.05, 0.1) is 18.7 Å². The molecule has 0 saturated carbocycles. The summed E-state index contributed by atoms with van der Waals surface area (Å²) in [5, 5.41) is 3.15. The number of piperidine rings is 1. The predicted molar refractivity (Wildman–Crippen MR) is 90.1 cm³/mol. The van der Waals surface area contributed by atoms with Crippen molar-refractivity contribution in [3.05, 3.63) is 24.2 Å². The Morgan fingerprint density at radius 2 is 2.12 bits per heavy atom. The van der Waals surface area contributed by atoms with Gasteiger partial charge in [0.25, 0.3) is 0 Å². The fraction of sp³-hybridized carbons (Fsp3) is 0.667. The van der Waals surface area contributed by atoms with Gasteiger partial charge in [0.1, 0.15) is 5.76 Å². The molecule has 0 aromatic carbocycles. The first-order valence-electron chi connectivity index (χ1n) is 8.87. The summed E-state index contributed by atoms with van der Waals surface area (Å²) in [5.74, 6) is 0.565. The Bertz CT molecular complexity index is 562. The lowest BCUT2D eigenvalue weighted by Gasteiger charge is -2.35. The maximum absolute atomic E-state index is 12.5. The molecule has 24 heavy (non-hydrogen) atoms. The minimum Gasteiger partial charge on any atom is -0.467 e. The summed E-state index contributed by atoms with van der Waals surface area (Å²) in [7, 11) is 0. The van der Waals surface area contributed by atoms with Crippen LogP contribution in [0.3, 0.4) is 0 Å². The zero-order chi connectivity index (χ0) is 17.1. The van der Waals surface area contributed by atoms with Crippen LogP contribution in [0.25, 0.3) is 0 Å². The molecule has 0 spiro atoms. The van der Waals surface area contributed by atoms with Crippen LogP contribution in [0.4, 0.5) is 0 Å². The highest BCUT2D eigenvalue weighted by Gasteiger charge is 2.35. The van der Waals surface area contributed by atoms with Crippen molar-refractivity contribution in [2.45, 2.75) is 51.7 Å². The van der Waals surface area contributed by atoms with Gasteiger partial charge in [-0.15, -0.1) is 0 Å². The van der Waals surface area contributed by atoms with Gasteiger partial charge in [-0.25, -0.2) is 0 Å². The Kier molecular flexibility index (Phi) is 5.23. The number of nitrogens with zero attached hydrogens (tertiary/aromatic N) is 2. The molecule has 2 saturated heterocycles. The highest BCUT2D eigenvalue weighted by molar-refractivity contribution is 5.89. The zero-order valence-electron chi connectivity index (χ0n) is 14.5. The number of nitrogens with one attached hydrogen (secondary N) is 1. The van der Waals surface area contributed by atoms with Crippen LogP contribution in [0, 0.1) is 5.92 Å². The van der Waals surface area contributed by atoms with Crippen molar-refractivity contribution in [3.8, 4) is 0 Å². The molecule has 6 heteroatoms. The number of carbonyl (C=O) groups is 2. The summed E-state index contributed by atoms with van der Waals surface area (Å²) >= 11 is 0. The topological polar surface area (TPSA) is 65.8 Å². The van der Waals surface area contributed by atoms with E-state index in [-0.39, 0.29) is 23.8 Å². The summed E-state index contributed by atoms with van der Waals surface area (Å²) in [5.41, 5.74) is 0. The van der Waals surface area contributed by atoms with Crippen LogP contribution in [-0.2, 0) is 16.1 Å². The van der Waals surface area contributed by atoms with E-state index < -0.39 is 0 Å². The molecule has 2 aliphatic heterocycles. The fourth-order valence-corrected chi connectivity index (χ4v) is 3.57. The predicted octanol–water partition coefficient (Wildman–Crippen LogP) is 1.62. The van der Waals surface area contributed by atoms with Gasteiger partial charge in [0, 0.05) is 38.1 Å². The van der Waals surface area contributed by atoms with Crippen molar-refractivity contribution >= 4 is 11.8 Å². The zero-order valence-corrected chi connectivity index (χ0v) is 14.5. The lowest BCUT2D eigenvalue weighted by Crippen LogP contribution is -2.48.